The zero-order valence-corrected chi connectivity index (χ0v) is 10.3. The number of likely N-dealkylation sites (N-methyl/N-ethyl adjacent to an activating group) is 1. The molecule has 0 aliphatic carbocycles. The Kier molecular flexibility index (Phi) is 17.2. The van der Waals surface area contributed by atoms with Crippen molar-refractivity contribution in [3.63, 3.8) is 0 Å². The maximum Gasteiger partial charge on any atom is 0.292 e. The van der Waals surface area contributed by atoms with E-state index in [1.807, 2.05) is 13.8 Å². The molecule has 0 aromatic rings. The Hall–Kier alpha value is -0.870. The second-order valence-electron chi connectivity index (χ2n) is 2.77. The maximum atomic E-state index is 8.95. The van der Waals surface area contributed by atoms with Gasteiger partial charge in [-0.25, -0.2) is 0 Å². The number of carbonyl (C=O) groups is 1. The molecule has 1 heterocycles. The molecule has 0 fully saturated rings. The van der Waals surface area contributed by atoms with Gasteiger partial charge in [-0.2, -0.15) is 0 Å². The van der Waals surface area contributed by atoms with Gasteiger partial charge in [-0.1, -0.05) is 26.0 Å². The predicted molar refractivity (Wildman–Crippen MR) is 63.9 cm³/mol. The van der Waals surface area contributed by atoms with Crippen molar-refractivity contribution < 1.29 is 9.53 Å². The second kappa shape index (κ2) is 15.6. The van der Waals surface area contributed by atoms with E-state index in [0.29, 0.717) is 6.47 Å². The summed E-state index contributed by atoms with van der Waals surface area (Å²) in [6.45, 7) is 8.78. The van der Waals surface area contributed by atoms with Gasteiger partial charge >= 0.3 is 0 Å². The van der Waals surface area contributed by atoms with Crippen molar-refractivity contribution in [2.45, 2.75) is 13.8 Å². The molecule has 0 bridgehead atoms. The molecular weight excluding hydrogens is 192 g/mol. The molecule has 0 saturated carbocycles. The molecule has 0 saturated heterocycles. The highest BCUT2D eigenvalue weighted by Crippen LogP contribution is 1.84. The molecule has 4 heteroatoms. The fourth-order valence-electron chi connectivity index (χ4n) is 0.884. The molecule has 0 spiro atoms. The molecule has 0 unspecified atom stereocenters. The minimum atomic E-state index is 0.375. The van der Waals surface area contributed by atoms with Crippen LogP contribution in [0.3, 0.4) is 0 Å². The van der Waals surface area contributed by atoms with Crippen LogP contribution in [0.5, 0.6) is 0 Å². The standard InChI is InChI=1S/C7H14N2.C2H4O2.C2H6/c1-9-6-3-2-4-8-5-7-9;1-4-2-3;1-2/h2-3,8H,4-7H2,1H3;2H,1H3;1-2H3/b3-2+;;. The number of hydrogen-bond donors (Lipinski definition) is 1. The second-order valence-corrected chi connectivity index (χ2v) is 2.77. The molecule has 15 heavy (non-hydrogen) atoms. The van der Waals surface area contributed by atoms with Gasteiger partial charge in [-0.15, -0.1) is 0 Å². The van der Waals surface area contributed by atoms with Crippen LogP contribution in [0.25, 0.3) is 0 Å². The molecule has 0 aromatic carbocycles. The summed E-state index contributed by atoms with van der Waals surface area (Å²) in [5, 5.41) is 3.29. The number of hydrogen-bond acceptors (Lipinski definition) is 4. The first-order valence-electron chi connectivity index (χ1n) is 5.32. The van der Waals surface area contributed by atoms with Crippen LogP contribution < -0.4 is 5.32 Å². The Bertz CT molecular complexity index is 150. The Labute approximate surface area is 93.3 Å². The van der Waals surface area contributed by atoms with Crippen molar-refractivity contribution in [3.8, 4) is 0 Å². The van der Waals surface area contributed by atoms with Crippen molar-refractivity contribution in [1.29, 1.82) is 0 Å². The van der Waals surface area contributed by atoms with E-state index in [9.17, 15) is 0 Å². The number of rotatable bonds is 1. The fourth-order valence-corrected chi connectivity index (χ4v) is 0.884. The van der Waals surface area contributed by atoms with Gasteiger partial charge in [0.1, 0.15) is 0 Å². The third-order valence-corrected chi connectivity index (χ3v) is 1.61. The van der Waals surface area contributed by atoms with Crippen molar-refractivity contribution in [3.05, 3.63) is 12.2 Å². The van der Waals surface area contributed by atoms with Gasteiger partial charge in [-0.3, -0.25) is 4.79 Å². The molecule has 0 amide bonds. The topological polar surface area (TPSA) is 41.6 Å². The first kappa shape index (κ1) is 16.6. The number of ether oxygens (including phenoxy) is 1. The largest absolute Gasteiger partial charge is 0.471 e. The van der Waals surface area contributed by atoms with Gasteiger partial charge in [0.05, 0.1) is 7.11 Å². The Morgan fingerprint density at radius 3 is 2.53 bits per heavy atom. The third kappa shape index (κ3) is 15.9. The minimum Gasteiger partial charge on any atom is -0.471 e. The lowest BCUT2D eigenvalue weighted by atomic mass is 10.4. The van der Waals surface area contributed by atoms with E-state index in [-0.39, 0.29) is 0 Å². The van der Waals surface area contributed by atoms with E-state index in [0.717, 1.165) is 26.2 Å². The van der Waals surface area contributed by atoms with Gasteiger partial charge in [0.2, 0.25) is 0 Å². The van der Waals surface area contributed by atoms with Crippen LogP contribution in [-0.2, 0) is 9.53 Å². The van der Waals surface area contributed by atoms with Crippen molar-refractivity contribution in [2.75, 3.05) is 40.3 Å². The third-order valence-electron chi connectivity index (χ3n) is 1.61. The van der Waals surface area contributed by atoms with Crippen molar-refractivity contribution in [2.24, 2.45) is 0 Å². The minimum absolute atomic E-state index is 0.375. The molecule has 1 aliphatic heterocycles. The first-order chi connectivity index (χ1) is 7.31. The molecular formula is C11H24N2O2. The maximum absolute atomic E-state index is 8.95. The molecule has 90 valence electrons. The SMILES string of the molecule is CC.CN1C/C=C/CNCC1.COC=O. The van der Waals surface area contributed by atoms with Crippen LogP contribution in [-0.4, -0.2) is 51.7 Å². The number of nitrogens with one attached hydrogen (secondary N) is 1. The fraction of sp³-hybridized carbons (Fsp3) is 0.727. The van der Waals surface area contributed by atoms with Crippen molar-refractivity contribution >= 4 is 6.47 Å². The van der Waals surface area contributed by atoms with Gasteiger partial charge in [0.25, 0.3) is 6.47 Å². The Morgan fingerprint density at radius 2 is 2.00 bits per heavy atom. The number of carbonyl (C=O) groups excluding carboxylic acids is 1. The normalized spacial score (nSPS) is 17.9. The van der Waals surface area contributed by atoms with E-state index in [2.05, 4.69) is 34.2 Å². The average molecular weight is 216 g/mol. The number of nitrogens with zero attached hydrogens (tertiary/aromatic N) is 1. The average Bonchev–Trinajstić information content (AvgIpc) is 2.27. The molecule has 1 rings (SSSR count). The summed E-state index contributed by atoms with van der Waals surface area (Å²) in [5.74, 6) is 0. The summed E-state index contributed by atoms with van der Waals surface area (Å²) < 4.78 is 3.86. The smallest absolute Gasteiger partial charge is 0.292 e. The van der Waals surface area contributed by atoms with Crippen LogP contribution in [0, 0.1) is 0 Å². The summed E-state index contributed by atoms with van der Waals surface area (Å²) in [6, 6.07) is 0. The van der Waals surface area contributed by atoms with Crippen LogP contribution in [0.15, 0.2) is 12.2 Å². The molecule has 0 aromatic heterocycles. The molecule has 0 radical (unpaired) electrons. The lowest BCUT2D eigenvalue weighted by Gasteiger charge is -2.16. The monoisotopic (exact) mass is 216 g/mol. The van der Waals surface area contributed by atoms with Crippen LogP contribution in [0.1, 0.15) is 13.8 Å². The summed E-state index contributed by atoms with van der Waals surface area (Å²) in [4.78, 5) is 11.2. The lowest BCUT2D eigenvalue weighted by molar-refractivity contribution is -0.126. The van der Waals surface area contributed by atoms with Crippen LogP contribution >= 0.6 is 0 Å². The molecule has 1 N–H and O–H groups in total. The van der Waals surface area contributed by atoms with Gasteiger partial charge < -0.3 is 15.0 Å². The highest BCUT2D eigenvalue weighted by molar-refractivity contribution is 5.36. The summed E-state index contributed by atoms with van der Waals surface area (Å²) in [5.41, 5.74) is 0. The highest BCUT2D eigenvalue weighted by Gasteiger charge is 1.95. The molecule has 0 atom stereocenters. The summed E-state index contributed by atoms with van der Waals surface area (Å²) in [6.07, 6.45) is 4.38. The molecule has 1 aliphatic rings. The van der Waals surface area contributed by atoms with Gasteiger partial charge in [0.15, 0.2) is 0 Å². The highest BCUT2D eigenvalue weighted by atomic mass is 16.5. The van der Waals surface area contributed by atoms with E-state index < -0.39 is 0 Å². The summed E-state index contributed by atoms with van der Waals surface area (Å²) >= 11 is 0. The molecule has 4 nitrogen and oxygen atoms in total. The van der Waals surface area contributed by atoms with E-state index in [4.69, 9.17) is 4.79 Å². The summed E-state index contributed by atoms with van der Waals surface area (Å²) in [7, 11) is 3.45. The van der Waals surface area contributed by atoms with E-state index in [1.54, 1.807) is 0 Å². The zero-order chi connectivity index (χ0) is 11.9. The Balaban J connectivity index is 0. The zero-order valence-electron chi connectivity index (χ0n) is 10.3. The van der Waals surface area contributed by atoms with Gasteiger partial charge in [0, 0.05) is 26.2 Å². The predicted octanol–water partition coefficient (Wildman–Crippen LogP) is 0.893. The van der Waals surface area contributed by atoms with E-state index >= 15 is 0 Å². The Morgan fingerprint density at radius 1 is 1.40 bits per heavy atom. The first-order valence-corrected chi connectivity index (χ1v) is 5.32. The quantitative estimate of drug-likeness (QED) is 0.522. The van der Waals surface area contributed by atoms with Crippen molar-refractivity contribution in [1.82, 2.24) is 10.2 Å². The van der Waals surface area contributed by atoms with E-state index in [1.165, 1.54) is 7.11 Å². The van der Waals surface area contributed by atoms with Crippen LogP contribution in [0.2, 0.25) is 0 Å². The number of methoxy groups -OCH3 is 1. The van der Waals surface area contributed by atoms with Gasteiger partial charge in [-0.05, 0) is 7.05 Å². The van der Waals surface area contributed by atoms with Crippen LogP contribution in [0.4, 0.5) is 0 Å². The lowest BCUT2D eigenvalue weighted by Crippen LogP contribution is -2.31.